The fraction of sp³-hybridized carbons (Fsp3) is 0.219. The number of allylic oxidation sites excluding steroid dienone is 1. The molecule has 1 aromatic heterocycles. The third kappa shape index (κ3) is 7.03. The number of ether oxygens (including phenoxy) is 3. The lowest BCUT2D eigenvalue weighted by Gasteiger charge is -2.26. The largest absolute Gasteiger partial charge is 0.490 e. The SMILES string of the molecule is CCOC(=O)C1=C(C(F)(F)F)N=c2s/c(=C\c3cc(Br)c(OCc4ccccc4)c(OCC)c3)c(=O)n2[C@@H]1c1ccc(Cl)cc1. The van der Waals surface area contributed by atoms with Gasteiger partial charge in [-0.2, -0.15) is 13.2 Å². The Labute approximate surface area is 273 Å². The van der Waals surface area contributed by atoms with Crippen LogP contribution in [0.3, 0.4) is 0 Å². The zero-order valence-electron chi connectivity index (χ0n) is 23.9. The molecule has 0 saturated heterocycles. The number of fused-ring (bicyclic) bond motifs is 1. The number of rotatable bonds is 9. The summed E-state index contributed by atoms with van der Waals surface area (Å²) in [6.45, 7) is 3.73. The summed E-state index contributed by atoms with van der Waals surface area (Å²) in [5, 5.41) is 0.329. The van der Waals surface area contributed by atoms with E-state index in [1.165, 1.54) is 37.3 Å². The average Bonchev–Trinajstić information content (AvgIpc) is 3.31. The van der Waals surface area contributed by atoms with Gasteiger partial charge in [-0.15, -0.1) is 0 Å². The Kier molecular flexibility index (Phi) is 9.85. The smallest absolute Gasteiger partial charge is 0.434 e. The van der Waals surface area contributed by atoms with E-state index in [4.69, 9.17) is 25.8 Å². The van der Waals surface area contributed by atoms with Gasteiger partial charge in [-0.1, -0.05) is 65.4 Å². The van der Waals surface area contributed by atoms with Gasteiger partial charge in [-0.05, 0) is 76.8 Å². The lowest BCUT2D eigenvalue weighted by Crippen LogP contribution is -2.41. The molecule has 1 aliphatic rings. The molecule has 3 aromatic carbocycles. The van der Waals surface area contributed by atoms with Crippen LogP contribution < -0.4 is 24.4 Å². The summed E-state index contributed by atoms with van der Waals surface area (Å²) in [6, 6.07) is 17.4. The van der Waals surface area contributed by atoms with Crippen molar-refractivity contribution in [3.8, 4) is 11.5 Å². The van der Waals surface area contributed by atoms with E-state index in [1.807, 2.05) is 37.3 Å². The molecule has 4 aromatic rings. The van der Waals surface area contributed by atoms with E-state index in [1.54, 1.807) is 12.1 Å². The summed E-state index contributed by atoms with van der Waals surface area (Å²) in [5.74, 6) is -0.361. The first-order chi connectivity index (χ1) is 21.5. The van der Waals surface area contributed by atoms with Crippen LogP contribution in [-0.2, 0) is 16.1 Å². The Bertz CT molecular complexity index is 1940. The van der Waals surface area contributed by atoms with Gasteiger partial charge in [-0.3, -0.25) is 9.36 Å². The molecular weight excluding hydrogens is 697 g/mol. The Morgan fingerprint density at radius 1 is 1.07 bits per heavy atom. The molecule has 0 fully saturated rings. The second-order valence-electron chi connectivity index (χ2n) is 9.65. The zero-order chi connectivity index (χ0) is 32.3. The van der Waals surface area contributed by atoms with E-state index in [9.17, 15) is 22.8 Å². The first kappa shape index (κ1) is 32.5. The molecule has 0 spiro atoms. The van der Waals surface area contributed by atoms with Gasteiger partial charge in [0.1, 0.15) is 6.61 Å². The van der Waals surface area contributed by atoms with Crippen LogP contribution in [0.25, 0.3) is 6.08 Å². The Balaban J connectivity index is 1.66. The van der Waals surface area contributed by atoms with Crippen LogP contribution in [-0.4, -0.2) is 29.9 Å². The van der Waals surface area contributed by atoms with Crippen molar-refractivity contribution in [3.05, 3.63) is 124 Å². The lowest BCUT2D eigenvalue weighted by atomic mass is 9.95. The van der Waals surface area contributed by atoms with Crippen molar-refractivity contribution < 1.29 is 32.2 Å². The fourth-order valence-electron chi connectivity index (χ4n) is 4.76. The predicted octanol–water partition coefficient (Wildman–Crippen LogP) is 6.73. The molecule has 7 nitrogen and oxygen atoms in total. The monoisotopic (exact) mass is 720 g/mol. The molecule has 0 amide bonds. The normalized spacial score (nSPS) is 15.0. The van der Waals surface area contributed by atoms with Crippen molar-refractivity contribution in [2.24, 2.45) is 4.99 Å². The van der Waals surface area contributed by atoms with Gasteiger partial charge >= 0.3 is 12.1 Å². The first-order valence-corrected chi connectivity index (χ1v) is 15.7. The molecule has 0 radical (unpaired) electrons. The summed E-state index contributed by atoms with van der Waals surface area (Å²) in [7, 11) is 0. The third-order valence-electron chi connectivity index (χ3n) is 6.64. The molecule has 0 bridgehead atoms. The fourth-order valence-corrected chi connectivity index (χ4v) is 6.46. The van der Waals surface area contributed by atoms with Gasteiger partial charge in [0.15, 0.2) is 22.0 Å². The maximum atomic E-state index is 14.4. The summed E-state index contributed by atoms with van der Waals surface area (Å²) < 4.78 is 61.7. The number of thiazole rings is 1. The van der Waals surface area contributed by atoms with Crippen LogP contribution in [0.1, 0.15) is 36.6 Å². The van der Waals surface area contributed by atoms with Gasteiger partial charge in [0, 0.05) is 5.02 Å². The van der Waals surface area contributed by atoms with E-state index < -0.39 is 35.0 Å². The molecule has 45 heavy (non-hydrogen) atoms. The number of alkyl halides is 3. The second-order valence-corrected chi connectivity index (χ2v) is 12.0. The van der Waals surface area contributed by atoms with Gasteiger partial charge in [0.2, 0.25) is 0 Å². The summed E-state index contributed by atoms with van der Waals surface area (Å²) >= 11 is 10.3. The Hall–Kier alpha value is -3.87. The molecular formula is C32H25BrClF3N2O5S. The number of benzene rings is 3. The van der Waals surface area contributed by atoms with E-state index in [-0.39, 0.29) is 28.1 Å². The van der Waals surface area contributed by atoms with Crippen molar-refractivity contribution >= 4 is 50.9 Å². The summed E-state index contributed by atoms with van der Waals surface area (Å²) in [6.07, 6.45) is -3.48. The van der Waals surface area contributed by atoms with Gasteiger partial charge in [0.25, 0.3) is 5.56 Å². The van der Waals surface area contributed by atoms with E-state index in [0.29, 0.717) is 33.2 Å². The first-order valence-electron chi connectivity index (χ1n) is 13.7. The molecule has 0 unspecified atom stereocenters. The minimum absolute atomic E-state index is 0.0895. The molecule has 1 aliphatic heterocycles. The zero-order valence-corrected chi connectivity index (χ0v) is 27.0. The summed E-state index contributed by atoms with van der Waals surface area (Å²) in [5.41, 5.74) is -1.14. The quantitative estimate of drug-likeness (QED) is 0.179. The predicted molar refractivity (Wildman–Crippen MR) is 168 cm³/mol. The highest BCUT2D eigenvalue weighted by Crippen LogP contribution is 2.39. The van der Waals surface area contributed by atoms with Crippen LogP contribution in [0.4, 0.5) is 13.2 Å². The Morgan fingerprint density at radius 2 is 1.78 bits per heavy atom. The van der Waals surface area contributed by atoms with E-state index in [2.05, 4.69) is 20.9 Å². The number of hydrogen-bond acceptors (Lipinski definition) is 7. The minimum Gasteiger partial charge on any atom is -0.490 e. The van der Waals surface area contributed by atoms with Gasteiger partial charge in [-0.25, -0.2) is 9.79 Å². The van der Waals surface area contributed by atoms with Crippen LogP contribution in [0.2, 0.25) is 5.02 Å². The number of halogens is 5. The molecule has 0 N–H and O–H groups in total. The molecule has 0 aliphatic carbocycles. The molecule has 13 heteroatoms. The number of carbonyl (C=O) groups is 1. The average molecular weight is 722 g/mol. The van der Waals surface area contributed by atoms with Crippen LogP contribution in [0.15, 0.2) is 92.3 Å². The Morgan fingerprint density at radius 3 is 2.42 bits per heavy atom. The molecule has 5 rings (SSSR count). The van der Waals surface area contributed by atoms with E-state index >= 15 is 0 Å². The van der Waals surface area contributed by atoms with Crippen LogP contribution >= 0.6 is 38.9 Å². The number of hydrogen-bond donors (Lipinski definition) is 0. The standard InChI is InChI=1S/C32H25BrClF3N2O5S/c1-3-42-23-15-19(14-22(33)27(23)44-17-18-8-6-5-7-9-18)16-24-29(40)39-26(20-10-12-21(34)13-11-20)25(30(41)43-4-2)28(32(35,36)37)38-31(39)45-24/h5-16,26H,3-4,17H2,1-2H3/b24-16-/t26-/m1/s1. The van der Waals surface area contributed by atoms with Gasteiger partial charge in [0.05, 0.1) is 33.8 Å². The third-order valence-corrected chi connectivity index (χ3v) is 8.46. The maximum Gasteiger partial charge on any atom is 0.434 e. The van der Waals surface area contributed by atoms with Crippen LogP contribution in [0.5, 0.6) is 11.5 Å². The molecule has 1 atom stereocenters. The number of aromatic nitrogens is 1. The minimum atomic E-state index is -5.01. The maximum absolute atomic E-state index is 14.4. The molecule has 2 heterocycles. The highest BCUT2D eigenvalue weighted by molar-refractivity contribution is 9.10. The van der Waals surface area contributed by atoms with Crippen molar-refractivity contribution in [1.29, 1.82) is 0 Å². The van der Waals surface area contributed by atoms with E-state index in [0.717, 1.165) is 21.5 Å². The van der Waals surface area contributed by atoms with Crippen molar-refractivity contribution in [3.63, 3.8) is 0 Å². The summed E-state index contributed by atoms with van der Waals surface area (Å²) in [4.78, 5) is 30.5. The van der Waals surface area contributed by atoms with Crippen LogP contribution in [0, 0.1) is 0 Å². The topological polar surface area (TPSA) is 79.1 Å². The number of esters is 1. The molecule has 0 saturated carbocycles. The van der Waals surface area contributed by atoms with Gasteiger partial charge < -0.3 is 14.2 Å². The van der Waals surface area contributed by atoms with Crippen molar-refractivity contribution in [1.82, 2.24) is 4.57 Å². The van der Waals surface area contributed by atoms with Crippen molar-refractivity contribution in [2.45, 2.75) is 32.7 Å². The highest BCUT2D eigenvalue weighted by atomic mass is 79.9. The highest BCUT2D eigenvalue weighted by Gasteiger charge is 2.45. The van der Waals surface area contributed by atoms with Crippen molar-refractivity contribution in [2.75, 3.05) is 13.2 Å². The number of carbonyl (C=O) groups excluding carboxylic acids is 1. The second kappa shape index (κ2) is 13.6. The lowest BCUT2D eigenvalue weighted by molar-refractivity contribution is -0.140. The number of nitrogens with zero attached hydrogens (tertiary/aromatic N) is 2. The molecule has 234 valence electrons.